The van der Waals surface area contributed by atoms with E-state index in [1.54, 1.807) is 23.7 Å². The second-order valence-corrected chi connectivity index (χ2v) is 9.86. The van der Waals surface area contributed by atoms with Crippen molar-refractivity contribution in [2.24, 2.45) is 0 Å². The highest BCUT2D eigenvalue weighted by molar-refractivity contribution is 7.16. The first-order valence-electron chi connectivity index (χ1n) is 10.6. The number of ether oxygens (including phenoxy) is 1. The van der Waals surface area contributed by atoms with Crippen molar-refractivity contribution in [1.29, 1.82) is 0 Å². The molecule has 0 aliphatic carbocycles. The first-order chi connectivity index (χ1) is 17.4. The third kappa shape index (κ3) is 5.73. The molecule has 4 aromatic rings. The van der Waals surface area contributed by atoms with E-state index in [9.17, 15) is 19.2 Å². The predicted octanol–water partition coefficient (Wildman–Crippen LogP) is 2.97. The average Bonchev–Trinajstić information content (AvgIpc) is 3.65. The number of hydrogen-bond acceptors (Lipinski definition) is 8. The number of aromatic amines is 1. The SMILES string of the molecule is COC(=O)C(CNC(=O)c1cccs1)NC(=O)c1sc(C(=O)NCc2cccc3[nH]ncc23)cc1Cl. The molecular formula is C23H20ClN5O5S2. The monoisotopic (exact) mass is 545 g/mol. The molecule has 0 fully saturated rings. The second-order valence-electron chi connectivity index (χ2n) is 7.46. The molecule has 1 aromatic carbocycles. The number of carbonyl (C=O) groups is 4. The van der Waals surface area contributed by atoms with Gasteiger partial charge >= 0.3 is 5.97 Å². The Morgan fingerprint density at radius 1 is 1.08 bits per heavy atom. The molecule has 0 aliphatic heterocycles. The number of esters is 1. The summed E-state index contributed by atoms with van der Waals surface area (Å²) in [5.41, 5.74) is 1.73. The Morgan fingerprint density at radius 2 is 1.89 bits per heavy atom. The number of rotatable bonds is 9. The fraction of sp³-hybridized carbons (Fsp3) is 0.174. The van der Waals surface area contributed by atoms with Crippen LogP contribution in [0.3, 0.4) is 0 Å². The second kappa shape index (κ2) is 11.3. The largest absolute Gasteiger partial charge is 0.467 e. The van der Waals surface area contributed by atoms with Gasteiger partial charge in [0.15, 0.2) is 0 Å². The van der Waals surface area contributed by atoms with Crippen molar-refractivity contribution in [3.05, 3.63) is 73.2 Å². The number of carbonyl (C=O) groups excluding carboxylic acids is 4. The van der Waals surface area contributed by atoms with Crippen LogP contribution < -0.4 is 16.0 Å². The molecule has 3 aromatic heterocycles. The molecule has 3 amide bonds. The minimum absolute atomic E-state index is 0.0530. The number of benzene rings is 1. The van der Waals surface area contributed by atoms with Crippen molar-refractivity contribution in [1.82, 2.24) is 26.1 Å². The van der Waals surface area contributed by atoms with Gasteiger partial charge < -0.3 is 20.7 Å². The van der Waals surface area contributed by atoms with Crippen molar-refractivity contribution in [2.45, 2.75) is 12.6 Å². The number of H-pyrrole nitrogens is 1. The molecule has 10 nitrogen and oxygen atoms in total. The lowest BCUT2D eigenvalue weighted by molar-refractivity contribution is -0.142. The number of hydrogen-bond donors (Lipinski definition) is 4. The van der Waals surface area contributed by atoms with Crippen LogP contribution in [0.5, 0.6) is 0 Å². The summed E-state index contributed by atoms with van der Waals surface area (Å²) in [6.07, 6.45) is 1.68. The van der Waals surface area contributed by atoms with E-state index in [1.165, 1.54) is 24.5 Å². The van der Waals surface area contributed by atoms with E-state index < -0.39 is 23.8 Å². The van der Waals surface area contributed by atoms with Gasteiger partial charge in [0.05, 0.1) is 33.6 Å². The standard InChI is InChI=1S/C23H20ClN5O5S2/c1-34-23(33)16(11-26-20(30)17-6-3-7-35-17)28-22(32)19-14(24)8-18(36-19)21(31)25-9-12-4-2-5-15-13(12)10-27-29-15/h2-8,10,16H,9,11H2,1H3,(H,25,31)(H,26,30)(H,27,29)(H,28,32). The average molecular weight is 546 g/mol. The molecule has 0 bridgehead atoms. The molecular weight excluding hydrogens is 526 g/mol. The highest BCUT2D eigenvalue weighted by Gasteiger charge is 2.26. The zero-order valence-electron chi connectivity index (χ0n) is 18.8. The van der Waals surface area contributed by atoms with E-state index >= 15 is 0 Å². The van der Waals surface area contributed by atoms with Crippen molar-refractivity contribution >= 4 is 68.9 Å². The molecule has 0 radical (unpaired) electrons. The topological polar surface area (TPSA) is 142 Å². The molecule has 4 N–H and O–H groups in total. The lowest BCUT2D eigenvalue weighted by Gasteiger charge is -2.16. The summed E-state index contributed by atoms with van der Waals surface area (Å²) in [5.74, 6) is -2.21. The Balaban J connectivity index is 1.40. The number of nitrogens with one attached hydrogen (secondary N) is 4. The zero-order chi connectivity index (χ0) is 25.7. The van der Waals surface area contributed by atoms with Crippen LogP contribution in [0, 0.1) is 0 Å². The van der Waals surface area contributed by atoms with Gasteiger partial charge in [0.25, 0.3) is 17.7 Å². The molecule has 186 valence electrons. The normalized spacial score (nSPS) is 11.6. The van der Waals surface area contributed by atoms with E-state index in [1.807, 2.05) is 18.2 Å². The molecule has 13 heteroatoms. The van der Waals surface area contributed by atoms with E-state index in [4.69, 9.17) is 16.3 Å². The molecule has 1 unspecified atom stereocenters. The van der Waals surface area contributed by atoms with Crippen LogP contribution in [0.4, 0.5) is 0 Å². The van der Waals surface area contributed by atoms with E-state index in [0.29, 0.717) is 4.88 Å². The van der Waals surface area contributed by atoms with Gasteiger partial charge in [-0.1, -0.05) is 29.8 Å². The minimum atomic E-state index is -1.16. The Morgan fingerprint density at radius 3 is 2.64 bits per heavy atom. The van der Waals surface area contributed by atoms with Crippen LogP contribution in [0.15, 0.2) is 48.0 Å². The summed E-state index contributed by atoms with van der Waals surface area (Å²) >= 11 is 8.36. The number of halogens is 1. The van der Waals surface area contributed by atoms with Crippen LogP contribution in [0.2, 0.25) is 5.02 Å². The van der Waals surface area contributed by atoms with Crippen LogP contribution in [-0.4, -0.2) is 53.6 Å². The third-order valence-electron chi connectivity index (χ3n) is 5.13. The molecule has 0 saturated heterocycles. The van der Waals surface area contributed by atoms with Gasteiger partial charge in [0.2, 0.25) is 0 Å². The van der Waals surface area contributed by atoms with Crippen molar-refractivity contribution in [2.75, 3.05) is 13.7 Å². The van der Waals surface area contributed by atoms with Gasteiger partial charge in [-0.05, 0) is 29.1 Å². The van der Waals surface area contributed by atoms with E-state index in [-0.39, 0.29) is 33.8 Å². The van der Waals surface area contributed by atoms with Crippen molar-refractivity contribution < 1.29 is 23.9 Å². The highest BCUT2D eigenvalue weighted by atomic mass is 35.5. The summed E-state index contributed by atoms with van der Waals surface area (Å²) in [6.45, 7) is 0.0617. The van der Waals surface area contributed by atoms with Gasteiger partial charge in [-0.15, -0.1) is 22.7 Å². The Labute approximate surface area is 218 Å². The number of fused-ring (bicyclic) bond motifs is 1. The maximum Gasteiger partial charge on any atom is 0.330 e. The van der Waals surface area contributed by atoms with Crippen LogP contribution in [-0.2, 0) is 16.1 Å². The molecule has 0 saturated carbocycles. The summed E-state index contributed by atoms with van der Waals surface area (Å²) in [7, 11) is 1.17. The zero-order valence-corrected chi connectivity index (χ0v) is 21.2. The maximum absolute atomic E-state index is 12.9. The number of methoxy groups -OCH3 is 1. The quantitative estimate of drug-likeness (QED) is 0.238. The fourth-order valence-corrected chi connectivity index (χ4v) is 5.22. The molecule has 1 atom stereocenters. The van der Waals surface area contributed by atoms with Gasteiger partial charge in [0.1, 0.15) is 10.9 Å². The minimum Gasteiger partial charge on any atom is -0.467 e. The number of thiophene rings is 2. The molecule has 4 rings (SSSR count). The van der Waals surface area contributed by atoms with Crippen molar-refractivity contribution in [3.63, 3.8) is 0 Å². The van der Waals surface area contributed by atoms with Crippen molar-refractivity contribution in [3.8, 4) is 0 Å². The van der Waals surface area contributed by atoms with Crippen LogP contribution in [0.1, 0.15) is 34.6 Å². The Kier molecular flexibility index (Phi) is 7.98. The molecule has 0 spiro atoms. The number of aromatic nitrogens is 2. The van der Waals surface area contributed by atoms with Gasteiger partial charge in [-0.25, -0.2) is 4.79 Å². The first-order valence-corrected chi connectivity index (χ1v) is 12.6. The van der Waals surface area contributed by atoms with E-state index in [2.05, 4.69) is 26.1 Å². The maximum atomic E-state index is 12.9. The number of nitrogens with zero attached hydrogens (tertiary/aromatic N) is 1. The summed E-state index contributed by atoms with van der Waals surface area (Å²) in [4.78, 5) is 50.7. The summed E-state index contributed by atoms with van der Waals surface area (Å²) in [5, 5.41) is 17.5. The Hall–Kier alpha value is -3.74. The molecule has 0 aliphatic rings. The van der Waals surface area contributed by atoms with Crippen LogP contribution >= 0.6 is 34.3 Å². The van der Waals surface area contributed by atoms with Crippen LogP contribution in [0.25, 0.3) is 10.9 Å². The van der Waals surface area contributed by atoms with Gasteiger partial charge in [0, 0.05) is 18.5 Å². The van der Waals surface area contributed by atoms with Gasteiger partial charge in [-0.2, -0.15) is 5.10 Å². The van der Waals surface area contributed by atoms with E-state index in [0.717, 1.165) is 27.8 Å². The Bertz CT molecular complexity index is 1420. The number of amides is 3. The smallest absolute Gasteiger partial charge is 0.330 e. The lowest BCUT2D eigenvalue weighted by atomic mass is 10.1. The predicted molar refractivity (Wildman–Crippen MR) is 137 cm³/mol. The third-order valence-corrected chi connectivity index (χ3v) is 7.55. The summed E-state index contributed by atoms with van der Waals surface area (Å²) < 4.78 is 4.74. The molecule has 3 heterocycles. The first kappa shape index (κ1) is 25.4. The van der Waals surface area contributed by atoms with Gasteiger partial charge in [-0.3, -0.25) is 19.5 Å². The fourth-order valence-electron chi connectivity index (χ4n) is 3.33. The lowest BCUT2D eigenvalue weighted by Crippen LogP contribution is -2.48. The summed E-state index contributed by atoms with van der Waals surface area (Å²) in [6, 6.07) is 9.21. The molecule has 36 heavy (non-hydrogen) atoms. The highest BCUT2D eigenvalue weighted by Crippen LogP contribution is 2.27.